The number of nitrogens with one attached hydrogen (secondary N) is 1. The van der Waals surface area contributed by atoms with Crippen molar-refractivity contribution in [3.8, 4) is 0 Å². The highest BCUT2D eigenvalue weighted by molar-refractivity contribution is 9.10. The lowest BCUT2D eigenvalue weighted by Crippen LogP contribution is -2.18. The highest BCUT2D eigenvalue weighted by atomic mass is 79.9. The van der Waals surface area contributed by atoms with Gasteiger partial charge in [0, 0.05) is 10.5 Å². The molecule has 1 aromatic carbocycles. The van der Waals surface area contributed by atoms with E-state index in [2.05, 4.69) is 60.2 Å². The van der Waals surface area contributed by atoms with E-state index in [1.54, 1.807) is 0 Å². The van der Waals surface area contributed by atoms with E-state index in [1.165, 1.54) is 15.6 Å². The Balaban J connectivity index is 2.93. The number of benzene rings is 1. The van der Waals surface area contributed by atoms with Crippen LogP contribution in [0.5, 0.6) is 0 Å². The van der Waals surface area contributed by atoms with E-state index >= 15 is 0 Å². The van der Waals surface area contributed by atoms with E-state index in [4.69, 9.17) is 0 Å². The molecule has 1 rings (SSSR count). The predicted octanol–water partition coefficient (Wildman–Crippen LogP) is 3.43. The monoisotopic (exact) mass is 241 g/mol. The van der Waals surface area contributed by atoms with Crippen molar-refractivity contribution < 1.29 is 0 Å². The molecule has 0 aliphatic rings. The molecule has 0 aliphatic heterocycles. The average molecular weight is 242 g/mol. The van der Waals surface area contributed by atoms with E-state index in [1.807, 2.05) is 0 Å². The maximum Gasteiger partial charge on any atom is 0.0302 e. The quantitative estimate of drug-likeness (QED) is 0.856. The zero-order chi connectivity index (χ0) is 9.84. The summed E-state index contributed by atoms with van der Waals surface area (Å²) in [5.74, 6) is 0. The Morgan fingerprint density at radius 2 is 2.15 bits per heavy atom. The van der Waals surface area contributed by atoms with Crippen LogP contribution < -0.4 is 5.32 Å². The van der Waals surface area contributed by atoms with Crippen molar-refractivity contribution in [3.05, 3.63) is 33.8 Å². The summed E-state index contributed by atoms with van der Waals surface area (Å²) in [6.45, 7) is 7.43. The second kappa shape index (κ2) is 4.77. The first kappa shape index (κ1) is 10.7. The first-order valence-corrected chi connectivity index (χ1v) is 5.44. The Hall–Kier alpha value is -0.340. The smallest absolute Gasteiger partial charge is 0.0302 e. The van der Waals surface area contributed by atoms with Gasteiger partial charge < -0.3 is 5.32 Å². The Morgan fingerprint density at radius 1 is 1.46 bits per heavy atom. The summed E-state index contributed by atoms with van der Waals surface area (Å²) in [6, 6.07) is 6.79. The third kappa shape index (κ3) is 2.55. The molecule has 0 saturated heterocycles. The van der Waals surface area contributed by atoms with Crippen LogP contribution in [0, 0.1) is 6.92 Å². The maximum atomic E-state index is 3.61. The third-order valence-corrected chi connectivity index (χ3v) is 3.28. The highest BCUT2D eigenvalue weighted by Crippen LogP contribution is 2.26. The van der Waals surface area contributed by atoms with Gasteiger partial charge in [-0.05, 0) is 31.5 Å². The Kier molecular flexibility index (Phi) is 3.94. The van der Waals surface area contributed by atoms with Crippen LogP contribution in [0.3, 0.4) is 0 Å². The molecule has 0 fully saturated rings. The maximum absolute atomic E-state index is 3.61. The summed E-state index contributed by atoms with van der Waals surface area (Å²) in [5, 5.41) is 3.40. The molecule has 1 N–H and O–H groups in total. The van der Waals surface area contributed by atoms with Crippen molar-refractivity contribution in [2.24, 2.45) is 0 Å². The molecule has 1 aromatic rings. The zero-order valence-corrected chi connectivity index (χ0v) is 9.98. The van der Waals surface area contributed by atoms with Crippen LogP contribution in [-0.2, 0) is 0 Å². The van der Waals surface area contributed by atoms with E-state index < -0.39 is 0 Å². The van der Waals surface area contributed by atoms with Gasteiger partial charge in [0.05, 0.1) is 0 Å². The van der Waals surface area contributed by atoms with E-state index in [0.29, 0.717) is 6.04 Å². The van der Waals surface area contributed by atoms with Crippen molar-refractivity contribution >= 4 is 15.9 Å². The number of aryl methyl sites for hydroxylation is 1. The van der Waals surface area contributed by atoms with Crippen LogP contribution in [0.4, 0.5) is 0 Å². The van der Waals surface area contributed by atoms with Gasteiger partial charge in [-0.15, -0.1) is 0 Å². The zero-order valence-electron chi connectivity index (χ0n) is 8.39. The van der Waals surface area contributed by atoms with E-state index in [0.717, 1.165) is 6.54 Å². The molecule has 0 spiro atoms. The van der Waals surface area contributed by atoms with Crippen LogP contribution in [0.1, 0.15) is 31.0 Å². The van der Waals surface area contributed by atoms with Gasteiger partial charge in [0.15, 0.2) is 0 Å². The van der Waals surface area contributed by atoms with E-state index in [9.17, 15) is 0 Å². The molecule has 2 heteroatoms. The van der Waals surface area contributed by atoms with Crippen molar-refractivity contribution in [1.82, 2.24) is 5.32 Å². The summed E-state index contributed by atoms with van der Waals surface area (Å²) >= 11 is 3.61. The van der Waals surface area contributed by atoms with Crippen LogP contribution in [0.15, 0.2) is 22.7 Å². The summed E-state index contributed by atoms with van der Waals surface area (Å²) in [4.78, 5) is 0. The predicted molar refractivity (Wildman–Crippen MR) is 61.0 cm³/mol. The van der Waals surface area contributed by atoms with Gasteiger partial charge in [-0.2, -0.15) is 0 Å². The molecule has 1 unspecified atom stereocenters. The summed E-state index contributed by atoms with van der Waals surface area (Å²) < 4.78 is 1.23. The summed E-state index contributed by atoms with van der Waals surface area (Å²) in [6.07, 6.45) is 0. The molecule has 1 nitrogen and oxygen atoms in total. The lowest BCUT2D eigenvalue weighted by molar-refractivity contribution is 0.595. The summed E-state index contributed by atoms with van der Waals surface area (Å²) in [7, 11) is 0. The molecule has 1 atom stereocenters. The summed E-state index contributed by atoms with van der Waals surface area (Å²) in [5.41, 5.74) is 2.63. The molecule has 0 radical (unpaired) electrons. The third-order valence-electron chi connectivity index (χ3n) is 2.20. The van der Waals surface area contributed by atoms with Gasteiger partial charge in [0.25, 0.3) is 0 Å². The molecule has 0 bridgehead atoms. The molecule has 72 valence electrons. The standard InChI is InChI=1S/C11H16BrN/c1-4-13-9(3)10-7-5-6-8(2)11(10)12/h5-7,9,13H,4H2,1-3H3. The number of hydrogen-bond acceptors (Lipinski definition) is 1. The first-order chi connectivity index (χ1) is 6.16. The molecule has 0 saturated carbocycles. The van der Waals surface area contributed by atoms with Crippen LogP contribution in [0.2, 0.25) is 0 Å². The van der Waals surface area contributed by atoms with Gasteiger partial charge in [-0.25, -0.2) is 0 Å². The normalized spacial score (nSPS) is 12.9. The number of halogens is 1. The van der Waals surface area contributed by atoms with Gasteiger partial charge in [0.2, 0.25) is 0 Å². The molecule has 0 aromatic heterocycles. The van der Waals surface area contributed by atoms with Gasteiger partial charge in [0.1, 0.15) is 0 Å². The van der Waals surface area contributed by atoms with Crippen molar-refractivity contribution in [3.63, 3.8) is 0 Å². The molecule has 13 heavy (non-hydrogen) atoms. The second-order valence-corrected chi connectivity index (χ2v) is 4.05. The molecule has 0 amide bonds. The Labute approximate surface area is 88.7 Å². The number of rotatable bonds is 3. The SMILES string of the molecule is CCNC(C)c1cccc(C)c1Br. The van der Waals surface area contributed by atoms with Crippen LogP contribution in [0.25, 0.3) is 0 Å². The lowest BCUT2D eigenvalue weighted by atomic mass is 10.1. The van der Waals surface area contributed by atoms with Crippen LogP contribution in [-0.4, -0.2) is 6.54 Å². The second-order valence-electron chi connectivity index (χ2n) is 3.26. The minimum Gasteiger partial charge on any atom is -0.310 e. The fourth-order valence-corrected chi connectivity index (χ4v) is 2.03. The van der Waals surface area contributed by atoms with Gasteiger partial charge in [-0.3, -0.25) is 0 Å². The largest absolute Gasteiger partial charge is 0.310 e. The van der Waals surface area contributed by atoms with E-state index in [-0.39, 0.29) is 0 Å². The minimum absolute atomic E-state index is 0.416. The first-order valence-electron chi connectivity index (χ1n) is 4.65. The average Bonchev–Trinajstić information content (AvgIpc) is 2.10. The van der Waals surface area contributed by atoms with Crippen molar-refractivity contribution in [1.29, 1.82) is 0 Å². The Morgan fingerprint density at radius 3 is 2.77 bits per heavy atom. The van der Waals surface area contributed by atoms with Crippen molar-refractivity contribution in [2.45, 2.75) is 26.8 Å². The minimum atomic E-state index is 0.416. The van der Waals surface area contributed by atoms with Gasteiger partial charge in [-0.1, -0.05) is 41.1 Å². The topological polar surface area (TPSA) is 12.0 Å². The highest BCUT2D eigenvalue weighted by Gasteiger charge is 2.08. The lowest BCUT2D eigenvalue weighted by Gasteiger charge is -2.15. The molecular formula is C11H16BrN. The fourth-order valence-electron chi connectivity index (χ4n) is 1.42. The Bertz CT molecular complexity index is 283. The van der Waals surface area contributed by atoms with Gasteiger partial charge >= 0.3 is 0 Å². The van der Waals surface area contributed by atoms with Crippen molar-refractivity contribution in [2.75, 3.05) is 6.54 Å². The molecule has 0 aliphatic carbocycles. The van der Waals surface area contributed by atoms with Crippen LogP contribution >= 0.6 is 15.9 Å². The molecular weight excluding hydrogens is 226 g/mol. The molecule has 0 heterocycles. The fraction of sp³-hybridized carbons (Fsp3) is 0.455. The number of hydrogen-bond donors (Lipinski definition) is 1.